The Balaban J connectivity index is 2.20. The zero-order valence-electron chi connectivity index (χ0n) is 8.72. The molecule has 0 aromatic carbocycles. The molecular formula is C9H8N4O3S. The van der Waals surface area contributed by atoms with Crippen molar-refractivity contribution in [2.24, 2.45) is 0 Å². The molecule has 0 atom stereocenters. The maximum atomic E-state index is 11.7. The minimum atomic E-state index is -1.23. The lowest BCUT2D eigenvalue weighted by Gasteiger charge is -1.99. The van der Waals surface area contributed by atoms with Crippen LogP contribution in [0.5, 0.6) is 0 Å². The number of carbonyl (C=O) groups is 2. The van der Waals surface area contributed by atoms with Crippen LogP contribution in [-0.4, -0.2) is 31.9 Å². The van der Waals surface area contributed by atoms with Crippen LogP contribution < -0.4 is 5.32 Å². The number of aromatic nitrogens is 3. The van der Waals surface area contributed by atoms with Crippen molar-refractivity contribution in [1.29, 1.82) is 0 Å². The molecule has 7 nitrogen and oxygen atoms in total. The molecule has 0 saturated heterocycles. The number of nitrogens with zero attached hydrogens (tertiary/aromatic N) is 2. The first-order chi connectivity index (χ1) is 8.08. The van der Waals surface area contributed by atoms with Crippen molar-refractivity contribution in [2.75, 3.05) is 5.32 Å². The van der Waals surface area contributed by atoms with E-state index < -0.39 is 11.9 Å². The molecule has 2 rings (SSSR count). The molecule has 0 spiro atoms. The summed E-state index contributed by atoms with van der Waals surface area (Å²) in [4.78, 5) is 33.4. The second-order valence-corrected chi connectivity index (χ2v) is 4.40. The summed E-state index contributed by atoms with van der Waals surface area (Å²) in [5, 5.41) is 11.7. The summed E-state index contributed by atoms with van der Waals surface area (Å²) >= 11 is 1.30. The van der Waals surface area contributed by atoms with Crippen molar-refractivity contribution >= 4 is 28.3 Å². The highest BCUT2D eigenvalue weighted by Crippen LogP contribution is 2.17. The number of amides is 1. The van der Waals surface area contributed by atoms with E-state index in [0.717, 1.165) is 11.2 Å². The molecule has 0 aliphatic carbocycles. The van der Waals surface area contributed by atoms with Gasteiger partial charge in [0.05, 0.1) is 6.33 Å². The maximum Gasteiger partial charge on any atom is 0.354 e. The van der Waals surface area contributed by atoms with Gasteiger partial charge >= 0.3 is 5.97 Å². The van der Waals surface area contributed by atoms with Crippen molar-refractivity contribution in [1.82, 2.24) is 15.0 Å². The number of carbonyl (C=O) groups excluding carboxylic acids is 1. The highest BCUT2D eigenvalue weighted by Gasteiger charge is 2.20. The number of rotatable bonds is 3. The molecule has 0 fully saturated rings. The van der Waals surface area contributed by atoms with Crippen LogP contribution in [-0.2, 0) is 0 Å². The molecule has 3 N–H and O–H groups in total. The van der Waals surface area contributed by atoms with E-state index in [1.54, 1.807) is 6.20 Å². The number of aromatic amines is 1. The van der Waals surface area contributed by atoms with Gasteiger partial charge in [0, 0.05) is 11.1 Å². The van der Waals surface area contributed by atoms with Crippen molar-refractivity contribution in [2.45, 2.75) is 6.92 Å². The second kappa shape index (κ2) is 4.34. The number of H-pyrrole nitrogens is 1. The number of imidazole rings is 1. The van der Waals surface area contributed by atoms with Crippen molar-refractivity contribution in [3.05, 3.63) is 28.8 Å². The van der Waals surface area contributed by atoms with Crippen molar-refractivity contribution < 1.29 is 14.7 Å². The highest BCUT2D eigenvalue weighted by molar-refractivity contribution is 7.15. The molecule has 0 radical (unpaired) electrons. The van der Waals surface area contributed by atoms with E-state index in [-0.39, 0.29) is 11.4 Å². The van der Waals surface area contributed by atoms with Crippen LogP contribution in [0.2, 0.25) is 0 Å². The van der Waals surface area contributed by atoms with Gasteiger partial charge in [0.25, 0.3) is 5.91 Å². The minimum absolute atomic E-state index is 0.162. The average molecular weight is 252 g/mol. The quantitative estimate of drug-likeness (QED) is 0.758. The summed E-state index contributed by atoms with van der Waals surface area (Å²) in [7, 11) is 0. The molecule has 0 unspecified atom stereocenters. The van der Waals surface area contributed by atoms with E-state index >= 15 is 0 Å². The predicted molar refractivity (Wildman–Crippen MR) is 60.4 cm³/mol. The van der Waals surface area contributed by atoms with Gasteiger partial charge < -0.3 is 10.1 Å². The molecule has 2 aromatic rings. The Hall–Kier alpha value is -2.22. The van der Waals surface area contributed by atoms with Gasteiger partial charge in [-0.1, -0.05) is 0 Å². The van der Waals surface area contributed by atoms with Crippen LogP contribution in [0.25, 0.3) is 0 Å². The molecule has 2 heterocycles. The normalized spacial score (nSPS) is 10.2. The van der Waals surface area contributed by atoms with Gasteiger partial charge in [0.2, 0.25) is 0 Å². The molecule has 0 saturated carbocycles. The monoisotopic (exact) mass is 252 g/mol. The van der Waals surface area contributed by atoms with Crippen LogP contribution in [0.1, 0.15) is 25.9 Å². The lowest BCUT2D eigenvalue weighted by molar-refractivity contribution is 0.0686. The van der Waals surface area contributed by atoms with Gasteiger partial charge in [-0.2, -0.15) is 0 Å². The van der Waals surface area contributed by atoms with E-state index in [4.69, 9.17) is 5.11 Å². The highest BCUT2D eigenvalue weighted by atomic mass is 32.1. The smallest absolute Gasteiger partial charge is 0.354 e. The fraction of sp³-hybridized carbons (Fsp3) is 0.111. The maximum absolute atomic E-state index is 11.7. The first kappa shape index (κ1) is 11.3. The Morgan fingerprint density at radius 3 is 2.82 bits per heavy atom. The SMILES string of the molecule is Cc1cnc(NC(=O)c2nc[nH]c2C(=O)O)s1. The van der Waals surface area contributed by atoms with Crippen LogP contribution >= 0.6 is 11.3 Å². The summed E-state index contributed by atoms with van der Waals surface area (Å²) in [6.07, 6.45) is 2.77. The molecule has 0 aliphatic heterocycles. The Bertz CT molecular complexity index is 574. The first-order valence-electron chi connectivity index (χ1n) is 4.58. The van der Waals surface area contributed by atoms with E-state index in [9.17, 15) is 9.59 Å². The summed E-state index contributed by atoms with van der Waals surface area (Å²) in [5.41, 5.74) is -0.402. The Labute approximate surface area is 99.5 Å². The van der Waals surface area contributed by atoms with Crippen molar-refractivity contribution in [3.8, 4) is 0 Å². The van der Waals surface area contributed by atoms with Crippen molar-refractivity contribution in [3.63, 3.8) is 0 Å². The zero-order valence-corrected chi connectivity index (χ0v) is 9.54. The van der Waals surface area contributed by atoms with Crippen LogP contribution in [0.15, 0.2) is 12.5 Å². The number of aryl methyl sites for hydroxylation is 1. The average Bonchev–Trinajstić information content (AvgIpc) is 2.86. The van der Waals surface area contributed by atoms with Gasteiger partial charge in [0.1, 0.15) is 0 Å². The number of anilines is 1. The van der Waals surface area contributed by atoms with Gasteiger partial charge in [-0.15, -0.1) is 11.3 Å². The summed E-state index contributed by atoms with van der Waals surface area (Å²) in [6, 6.07) is 0. The van der Waals surface area contributed by atoms with Gasteiger partial charge in [-0.25, -0.2) is 14.8 Å². The second-order valence-electron chi connectivity index (χ2n) is 3.16. The fourth-order valence-corrected chi connectivity index (χ4v) is 1.86. The topological polar surface area (TPSA) is 108 Å². The van der Waals surface area contributed by atoms with E-state index in [1.165, 1.54) is 11.3 Å². The Kier molecular flexibility index (Phi) is 2.88. The van der Waals surface area contributed by atoms with Gasteiger partial charge in [0.15, 0.2) is 16.5 Å². The van der Waals surface area contributed by atoms with Crippen LogP contribution in [0.3, 0.4) is 0 Å². The molecule has 8 heteroatoms. The van der Waals surface area contributed by atoms with Gasteiger partial charge in [-0.05, 0) is 6.92 Å². The predicted octanol–water partition coefficient (Wildman–Crippen LogP) is 1.13. The minimum Gasteiger partial charge on any atom is -0.477 e. The third-order valence-corrected chi connectivity index (χ3v) is 2.74. The number of thiazole rings is 1. The molecule has 17 heavy (non-hydrogen) atoms. The number of carboxylic acid groups (broad SMARTS) is 1. The largest absolute Gasteiger partial charge is 0.477 e. The fourth-order valence-electron chi connectivity index (χ4n) is 1.20. The molecular weight excluding hydrogens is 244 g/mol. The lowest BCUT2D eigenvalue weighted by atomic mass is 10.3. The van der Waals surface area contributed by atoms with E-state index in [1.807, 2.05) is 6.92 Å². The lowest BCUT2D eigenvalue weighted by Crippen LogP contribution is -2.16. The van der Waals surface area contributed by atoms with Crippen LogP contribution in [0, 0.1) is 6.92 Å². The molecule has 0 bridgehead atoms. The third kappa shape index (κ3) is 2.31. The molecule has 88 valence electrons. The summed E-state index contributed by atoms with van der Waals surface area (Å²) in [6.45, 7) is 1.85. The number of hydrogen-bond acceptors (Lipinski definition) is 5. The summed E-state index contributed by atoms with van der Waals surface area (Å²) in [5.74, 6) is -1.83. The molecule has 2 aromatic heterocycles. The summed E-state index contributed by atoms with van der Waals surface area (Å²) < 4.78 is 0. The number of nitrogens with one attached hydrogen (secondary N) is 2. The number of hydrogen-bond donors (Lipinski definition) is 3. The molecule has 0 aliphatic rings. The van der Waals surface area contributed by atoms with Gasteiger partial charge in [-0.3, -0.25) is 10.1 Å². The Morgan fingerprint density at radius 2 is 2.24 bits per heavy atom. The zero-order chi connectivity index (χ0) is 12.4. The molecule has 1 amide bonds. The number of aromatic carboxylic acids is 1. The first-order valence-corrected chi connectivity index (χ1v) is 5.40. The number of carboxylic acids is 1. The third-order valence-electron chi connectivity index (χ3n) is 1.91. The van der Waals surface area contributed by atoms with E-state index in [0.29, 0.717) is 5.13 Å². The standard InChI is InChI=1S/C9H8N4O3S/c1-4-2-10-9(17-4)13-7(14)5-6(8(15)16)12-3-11-5/h2-3H,1H3,(H,11,12)(H,15,16)(H,10,13,14). The Morgan fingerprint density at radius 1 is 1.47 bits per heavy atom. The van der Waals surface area contributed by atoms with Crippen LogP contribution in [0.4, 0.5) is 5.13 Å². The van der Waals surface area contributed by atoms with E-state index in [2.05, 4.69) is 20.3 Å².